The number of carbonyl (C=O) groups is 2. The molecule has 0 aromatic heterocycles. The number of rotatable bonds is 6. The average molecular weight is 463 g/mol. The number of fused-ring (bicyclic) bond motifs is 2. The number of amides is 2. The summed E-state index contributed by atoms with van der Waals surface area (Å²) in [4.78, 5) is 29.8. The number of nitrogens with one attached hydrogen (secondary N) is 2. The van der Waals surface area contributed by atoms with Gasteiger partial charge in [0.25, 0.3) is 0 Å². The van der Waals surface area contributed by atoms with Gasteiger partial charge in [0.2, 0.25) is 11.8 Å². The summed E-state index contributed by atoms with van der Waals surface area (Å²) in [6.45, 7) is 7.92. The van der Waals surface area contributed by atoms with Crippen LogP contribution in [-0.4, -0.2) is 54.2 Å². The Kier molecular flexibility index (Phi) is 5.98. The van der Waals surface area contributed by atoms with Crippen LogP contribution in [0.25, 0.3) is 0 Å². The number of allylic oxidation sites excluding steroid dienone is 1. The molecule has 4 aliphatic heterocycles. The molecule has 0 saturated carbocycles. The number of para-hydroxylation sites is 1. The molecule has 0 radical (unpaired) electrons. The Labute approximate surface area is 201 Å². The molecule has 7 nitrogen and oxygen atoms in total. The van der Waals surface area contributed by atoms with Crippen molar-refractivity contribution >= 4 is 17.5 Å². The van der Waals surface area contributed by atoms with Crippen molar-refractivity contribution in [2.45, 2.75) is 63.8 Å². The summed E-state index contributed by atoms with van der Waals surface area (Å²) in [6.07, 6.45) is 10.7. The number of carbonyl (C=O) groups excluding carboxylic acids is 2. The maximum atomic E-state index is 13.4. The largest absolute Gasteiger partial charge is 0.489 e. The maximum absolute atomic E-state index is 13.4. The second-order valence-corrected chi connectivity index (χ2v) is 10.00. The summed E-state index contributed by atoms with van der Waals surface area (Å²) >= 11 is 0. The second kappa shape index (κ2) is 8.95. The predicted molar refractivity (Wildman–Crippen MR) is 132 cm³/mol. The van der Waals surface area contributed by atoms with E-state index in [0.29, 0.717) is 6.42 Å². The first-order valence-corrected chi connectivity index (χ1v) is 12.3. The number of hydrogen-bond acceptors (Lipinski definition) is 5. The number of anilines is 1. The Hall–Kier alpha value is -3.06. The molecule has 1 aromatic rings. The molecule has 4 atom stereocenters. The SMILES string of the molecule is CC1C=CC2=CC(OC(C)CC3C(=O)N(CC(=O)N4CCCC4)c4ccccc43)=CNC2(C)N1. The van der Waals surface area contributed by atoms with Crippen LogP contribution in [-0.2, 0) is 14.3 Å². The molecule has 0 aliphatic carbocycles. The summed E-state index contributed by atoms with van der Waals surface area (Å²) in [5.74, 6) is 0.451. The predicted octanol–water partition coefficient (Wildman–Crippen LogP) is 3.17. The third kappa shape index (κ3) is 4.25. The van der Waals surface area contributed by atoms with Crippen molar-refractivity contribution in [1.29, 1.82) is 0 Å². The summed E-state index contributed by atoms with van der Waals surface area (Å²) in [5, 5.41) is 6.96. The number of nitrogens with zero attached hydrogens (tertiary/aromatic N) is 2. The fourth-order valence-corrected chi connectivity index (χ4v) is 5.47. The van der Waals surface area contributed by atoms with Crippen molar-refractivity contribution in [3.8, 4) is 0 Å². The van der Waals surface area contributed by atoms with Gasteiger partial charge in [0.15, 0.2) is 0 Å². The molecule has 34 heavy (non-hydrogen) atoms. The van der Waals surface area contributed by atoms with Gasteiger partial charge >= 0.3 is 0 Å². The van der Waals surface area contributed by atoms with Crippen molar-refractivity contribution in [2.24, 2.45) is 0 Å². The first kappa shape index (κ1) is 22.7. The van der Waals surface area contributed by atoms with Crippen LogP contribution < -0.4 is 15.5 Å². The molecule has 4 unspecified atom stereocenters. The van der Waals surface area contributed by atoms with E-state index in [0.717, 1.165) is 48.5 Å². The lowest BCUT2D eigenvalue weighted by atomic mass is 9.92. The minimum atomic E-state index is -0.315. The van der Waals surface area contributed by atoms with E-state index in [4.69, 9.17) is 4.74 Å². The Balaban J connectivity index is 1.27. The lowest BCUT2D eigenvalue weighted by Gasteiger charge is -2.40. The third-order valence-electron chi connectivity index (χ3n) is 7.28. The fraction of sp³-hybridized carbons (Fsp3) is 0.481. The maximum Gasteiger partial charge on any atom is 0.242 e. The van der Waals surface area contributed by atoms with E-state index in [1.165, 1.54) is 0 Å². The molecule has 0 spiro atoms. The van der Waals surface area contributed by atoms with Crippen molar-refractivity contribution in [2.75, 3.05) is 24.5 Å². The Morgan fingerprint density at radius 3 is 2.82 bits per heavy atom. The van der Waals surface area contributed by atoms with Crippen LogP contribution in [0.4, 0.5) is 5.69 Å². The van der Waals surface area contributed by atoms with Crippen LogP contribution in [0, 0.1) is 0 Å². The van der Waals surface area contributed by atoms with Crippen molar-refractivity contribution in [1.82, 2.24) is 15.5 Å². The van der Waals surface area contributed by atoms with Crippen molar-refractivity contribution in [3.63, 3.8) is 0 Å². The van der Waals surface area contributed by atoms with E-state index in [1.807, 2.05) is 48.4 Å². The minimum absolute atomic E-state index is 0.0146. The van der Waals surface area contributed by atoms with Gasteiger partial charge in [-0.15, -0.1) is 0 Å². The molecule has 2 N–H and O–H groups in total. The monoisotopic (exact) mass is 462 g/mol. The van der Waals surface area contributed by atoms with Gasteiger partial charge in [-0.3, -0.25) is 14.9 Å². The summed E-state index contributed by atoms with van der Waals surface area (Å²) in [6, 6.07) is 8.12. The highest BCUT2D eigenvalue weighted by molar-refractivity contribution is 6.08. The van der Waals surface area contributed by atoms with E-state index < -0.39 is 0 Å². The van der Waals surface area contributed by atoms with Crippen molar-refractivity contribution < 1.29 is 14.3 Å². The molecule has 180 valence electrons. The molecule has 4 aliphatic rings. The van der Waals surface area contributed by atoms with E-state index in [-0.39, 0.29) is 42.1 Å². The quantitative estimate of drug-likeness (QED) is 0.679. The molecule has 1 saturated heterocycles. The highest BCUT2D eigenvalue weighted by atomic mass is 16.5. The number of hydrogen-bond donors (Lipinski definition) is 2. The van der Waals surface area contributed by atoms with Crippen LogP contribution in [0.1, 0.15) is 51.5 Å². The van der Waals surface area contributed by atoms with Gasteiger partial charge in [0, 0.05) is 31.0 Å². The third-order valence-corrected chi connectivity index (χ3v) is 7.28. The highest BCUT2D eigenvalue weighted by Crippen LogP contribution is 2.40. The Morgan fingerprint density at radius 1 is 1.26 bits per heavy atom. The molecule has 4 heterocycles. The number of benzene rings is 1. The topological polar surface area (TPSA) is 73.9 Å². The normalized spacial score (nSPS) is 28.6. The van der Waals surface area contributed by atoms with Gasteiger partial charge in [-0.25, -0.2) is 0 Å². The van der Waals surface area contributed by atoms with E-state index in [9.17, 15) is 9.59 Å². The van der Waals surface area contributed by atoms with Gasteiger partial charge in [-0.1, -0.05) is 30.4 Å². The molecule has 5 rings (SSSR count). The molecular weight excluding hydrogens is 428 g/mol. The highest BCUT2D eigenvalue weighted by Gasteiger charge is 2.40. The minimum Gasteiger partial charge on any atom is -0.489 e. The zero-order valence-corrected chi connectivity index (χ0v) is 20.2. The van der Waals surface area contributed by atoms with Gasteiger partial charge in [-0.05, 0) is 63.3 Å². The van der Waals surface area contributed by atoms with Gasteiger partial charge in [-0.2, -0.15) is 0 Å². The van der Waals surface area contributed by atoms with Crippen LogP contribution in [0.15, 0.2) is 60.0 Å². The summed E-state index contributed by atoms with van der Waals surface area (Å²) in [5.41, 5.74) is 2.63. The number of ether oxygens (including phenoxy) is 1. The Morgan fingerprint density at radius 2 is 2.03 bits per heavy atom. The van der Waals surface area contributed by atoms with Crippen molar-refractivity contribution in [3.05, 3.63) is 65.6 Å². The number of dihydropyridines is 1. The molecular formula is C27H34N4O3. The molecule has 7 heteroatoms. The average Bonchev–Trinajstić information content (AvgIpc) is 3.43. The Bertz CT molecular complexity index is 1070. The number of likely N-dealkylation sites (tertiary alicyclic amines) is 1. The van der Waals surface area contributed by atoms with Gasteiger partial charge < -0.3 is 19.9 Å². The van der Waals surface area contributed by atoms with E-state index >= 15 is 0 Å². The first-order valence-electron chi connectivity index (χ1n) is 12.3. The smallest absolute Gasteiger partial charge is 0.242 e. The second-order valence-electron chi connectivity index (χ2n) is 10.00. The molecule has 1 fully saturated rings. The fourth-order valence-electron chi connectivity index (χ4n) is 5.47. The van der Waals surface area contributed by atoms with Crippen LogP contribution >= 0.6 is 0 Å². The molecule has 1 aromatic carbocycles. The molecule has 2 amide bonds. The van der Waals surface area contributed by atoms with Crippen LogP contribution in [0.3, 0.4) is 0 Å². The van der Waals surface area contributed by atoms with E-state index in [2.05, 4.69) is 36.6 Å². The zero-order valence-electron chi connectivity index (χ0n) is 20.2. The van der Waals surface area contributed by atoms with Crippen LogP contribution in [0.5, 0.6) is 0 Å². The lowest BCUT2D eigenvalue weighted by Crippen LogP contribution is -2.59. The summed E-state index contributed by atoms with van der Waals surface area (Å²) in [7, 11) is 0. The first-order chi connectivity index (χ1) is 16.3. The van der Waals surface area contributed by atoms with Crippen LogP contribution in [0.2, 0.25) is 0 Å². The molecule has 0 bridgehead atoms. The summed E-state index contributed by atoms with van der Waals surface area (Å²) < 4.78 is 6.25. The van der Waals surface area contributed by atoms with E-state index in [1.54, 1.807) is 4.90 Å². The van der Waals surface area contributed by atoms with Gasteiger partial charge in [0.1, 0.15) is 18.0 Å². The standard InChI is InChI=1S/C27H34N4O3/c1-18-10-11-20-15-21(16-28-27(20,3)29-18)34-19(2)14-23-22-8-4-5-9-24(22)31(26(23)33)17-25(32)30-12-6-7-13-30/h4-5,8-11,15-16,18-19,23,28-29H,6-7,12-14,17H2,1-3H3. The zero-order chi connectivity index (χ0) is 23.9. The lowest BCUT2D eigenvalue weighted by molar-refractivity contribution is -0.130. The van der Waals surface area contributed by atoms with Gasteiger partial charge in [0.05, 0.1) is 12.0 Å².